The first kappa shape index (κ1) is 11.9. The lowest BCUT2D eigenvalue weighted by Gasteiger charge is -2.38. The van der Waals surface area contributed by atoms with Gasteiger partial charge in [-0.25, -0.2) is 4.79 Å². The Morgan fingerprint density at radius 1 is 1.53 bits per heavy atom. The van der Waals surface area contributed by atoms with Gasteiger partial charge >= 0.3 is 5.97 Å². The smallest absolute Gasteiger partial charge is 0.348 e. The summed E-state index contributed by atoms with van der Waals surface area (Å²) in [5.74, 6) is -0.998. The van der Waals surface area contributed by atoms with E-state index in [1.165, 1.54) is 18.3 Å². The van der Waals surface area contributed by atoms with E-state index in [0.717, 1.165) is 0 Å². The summed E-state index contributed by atoms with van der Waals surface area (Å²) < 4.78 is 0. The third-order valence-electron chi connectivity index (χ3n) is 3.07. The number of carbonyl (C=O) groups excluding carboxylic acids is 1. The van der Waals surface area contributed by atoms with Crippen molar-refractivity contribution in [3.05, 3.63) is 10.3 Å². The van der Waals surface area contributed by atoms with Crippen molar-refractivity contribution in [2.75, 3.05) is 23.4 Å². The zero-order valence-corrected chi connectivity index (χ0v) is 10.7. The number of hydrogen-bond donors (Lipinski definition) is 1. The highest BCUT2D eigenvalue weighted by Gasteiger charge is 2.33. The number of carboxylic acid groups (broad SMARTS) is 1. The van der Waals surface area contributed by atoms with Crippen LogP contribution in [0.15, 0.2) is 5.38 Å². The van der Waals surface area contributed by atoms with Gasteiger partial charge in [0.1, 0.15) is 4.88 Å². The second kappa shape index (κ2) is 4.03. The summed E-state index contributed by atoms with van der Waals surface area (Å²) in [5, 5.41) is 10.9. The number of amides is 1. The average Bonchev–Trinajstić information content (AvgIpc) is 2.67. The summed E-state index contributed by atoms with van der Waals surface area (Å²) >= 11 is 1.17. The molecule has 1 aromatic rings. The van der Waals surface area contributed by atoms with E-state index >= 15 is 0 Å². The summed E-state index contributed by atoms with van der Waals surface area (Å²) in [4.78, 5) is 26.6. The molecular formula is C11H14N2O3S. The molecule has 1 aliphatic rings. The molecule has 6 heteroatoms. The van der Waals surface area contributed by atoms with Gasteiger partial charge in [-0.05, 0) is 6.92 Å². The van der Waals surface area contributed by atoms with Gasteiger partial charge in [0, 0.05) is 31.9 Å². The van der Waals surface area contributed by atoms with Crippen LogP contribution in [-0.4, -0.2) is 36.6 Å². The maximum absolute atomic E-state index is 11.6. The van der Waals surface area contributed by atoms with E-state index in [0.29, 0.717) is 22.8 Å². The van der Waals surface area contributed by atoms with Gasteiger partial charge in [-0.3, -0.25) is 4.79 Å². The lowest BCUT2D eigenvalue weighted by Crippen LogP contribution is -2.47. The van der Waals surface area contributed by atoms with Crippen LogP contribution in [0.4, 0.5) is 11.4 Å². The van der Waals surface area contributed by atoms with Gasteiger partial charge in [-0.1, -0.05) is 0 Å². The lowest BCUT2D eigenvalue weighted by molar-refractivity contribution is -0.116. The van der Waals surface area contributed by atoms with Crippen LogP contribution in [0.25, 0.3) is 0 Å². The molecule has 5 nitrogen and oxygen atoms in total. The van der Waals surface area contributed by atoms with Crippen molar-refractivity contribution in [3.63, 3.8) is 0 Å². The summed E-state index contributed by atoms with van der Waals surface area (Å²) in [5.41, 5.74) is 1.36. The Morgan fingerprint density at radius 3 is 2.71 bits per heavy atom. The lowest BCUT2D eigenvalue weighted by atomic mass is 10.1. The van der Waals surface area contributed by atoms with Crippen LogP contribution in [0, 0.1) is 0 Å². The van der Waals surface area contributed by atoms with Crippen LogP contribution in [-0.2, 0) is 4.79 Å². The monoisotopic (exact) mass is 254 g/mol. The molecule has 0 fully saturated rings. The summed E-state index contributed by atoms with van der Waals surface area (Å²) in [6.07, 6.45) is 0. The Balaban J connectivity index is 2.57. The van der Waals surface area contributed by atoms with Gasteiger partial charge in [0.2, 0.25) is 5.91 Å². The fraction of sp³-hybridized carbons (Fsp3) is 0.455. The predicted molar refractivity (Wildman–Crippen MR) is 67.2 cm³/mol. The summed E-state index contributed by atoms with van der Waals surface area (Å²) in [6, 6.07) is 0.110. The molecule has 0 bridgehead atoms. The molecule has 17 heavy (non-hydrogen) atoms. The predicted octanol–water partition coefficient (Wildman–Crippen LogP) is 1.64. The maximum Gasteiger partial charge on any atom is 0.348 e. The minimum absolute atomic E-state index is 0.0547. The first-order chi connectivity index (χ1) is 7.93. The minimum atomic E-state index is -0.944. The fourth-order valence-corrected chi connectivity index (χ4v) is 2.96. The second-order valence-corrected chi connectivity index (χ2v) is 5.07. The molecule has 0 radical (unpaired) electrons. The summed E-state index contributed by atoms with van der Waals surface area (Å²) in [6.45, 7) is 4.07. The summed E-state index contributed by atoms with van der Waals surface area (Å²) in [7, 11) is 1.86. The number of carbonyl (C=O) groups is 2. The van der Waals surface area contributed by atoms with Crippen molar-refractivity contribution in [3.8, 4) is 0 Å². The third kappa shape index (κ3) is 1.78. The maximum atomic E-state index is 11.6. The van der Waals surface area contributed by atoms with E-state index in [-0.39, 0.29) is 11.9 Å². The normalized spacial score (nSPS) is 19.1. The Bertz CT molecular complexity index is 483. The van der Waals surface area contributed by atoms with E-state index in [1.54, 1.807) is 10.3 Å². The minimum Gasteiger partial charge on any atom is -0.477 e. The van der Waals surface area contributed by atoms with Crippen LogP contribution in [0.2, 0.25) is 0 Å². The van der Waals surface area contributed by atoms with Gasteiger partial charge in [-0.15, -0.1) is 11.3 Å². The van der Waals surface area contributed by atoms with Crippen molar-refractivity contribution in [1.82, 2.24) is 0 Å². The zero-order valence-electron chi connectivity index (χ0n) is 9.93. The van der Waals surface area contributed by atoms with E-state index < -0.39 is 5.97 Å². The molecule has 0 aromatic carbocycles. The van der Waals surface area contributed by atoms with Crippen molar-refractivity contribution in [1.29, 1.82) is 0 Å². The third-order valence-corrected chi connectivity index (χ3v) is 4.02. The average molecular weight is 254 g/mol. The van der Waals surface area contributed by atoms with Gasteiger partial charge < -0.3 is 14.9 Å². The van der Waals surface area contributed by atoms with Crippen LogP contribution < -0.4 is 9.80 Å². The highest BCUT2D eigenvalue weighted by molar-refractivity contribution is 7.13. The first-order valence-corrected chi connectivity index (χ1v) is 6.17. The zero-order chi connectivity index (χ0) is 12.7. The van der Waals surface area contributed by atoms with Gasteiger partial charge in [0.05, 0.1) is 11.4 Å². The number of likely N-dealkylation sites (N-methyl/N-ethyl adjacent to an activating group) is 1. The number of nitrogens with zero attached hydrogens (tertiary/aromatic N) is 2. The highest BCUT2D eigenvalue weighted by Crippen LogP contribution is 2.42. The molecule has 1 N–H and O–H groups in total. The number of thiophene rings is 1. The Kier molecular flexibility index (Phi) is 2.82. The second-order valence-electron chi connectivity index (χ2n) is 4.19. The molecule has 0 aliphatic carbocycles. The molecular weight excluding hydrogens is 240 g/mol. The van der Waals surface area contributed by atoms with E-state index in [2.05, 4.69) is 0 Å². The van der Waals surface area contributed by atoms with Crippen molar-refractivity contribution < 1.29 is 14.7 Å². The molecule has 1 atom stereocenters. The molecule has 1 unspecified atom stereocenters. The Morgan fingerprint density at radius 2 is 2.18 bits per heavy atom. The van der Waals surface area contributed by atoms with Crippen LogP contribution in [0.3, 0.4) is 0 Å². The largest absolute Gasteiger partial charge is 0.477 e. The van der Waals surface area contributed by atoms with Gasteiger partial charge in [0.15, 0.2) is 0 Å². The Labute approximate surface area is 103 Å². The molecule has 0 saturated carbocycles. The molecule has 1 aliphatic heterocycles. The van der Waals surface area contributed by atoms with Crippen molar-refractivity contribution in [2.45, 2.75) is 19.9 Å². The van der Waals surface area contributed by atoms with Crippen molar-refractivity contribution in [2.24, 2.45) is 0 Å². The fourth-order valence-electron chi connectivity index (χ4n) is 2.03. The molecule has 0 saturated heterocycles. The number of aromatic carboxylic acids is 1. The molecule has 2 rings (SSSR count). The van der Waals surface area contributed by atoms with E-state index in [4.69, 9.17) is 5.11 Å². The van der Waals surface area contributed by atoms with Crippen LogP contribution >= 0.6 is 11.3 Å². The molecule has 92 valence electrons. The van der Waals surface area contributed by atoms with Crippen LogP contribution in [0.5, 0.6) is 0 Å². The van der Waals surface area contributed by atoms with Crippen molar-refractivity contribution >= 4 is 34.6 Å². The molecule has 1 amide bonds. The quantitative estimate of drug-likeness (QED) is 0.827. The van der Waals surface area contributed by atoms with E-state index in [1.807, 2.05) is 18.9 Å². The number of anilines is 2. The number of rotatable bonds is 1. The SMILES string of the molecule is CC(=O)N1CC(C)N(C)c2c1csc2C(=O)O. The number of carboxylic acids is 1. The van der Waals surface area contributed by atoms with Gasteiger partial charge in [-0.2, -0.15) is 0 Å². The van der Waals surface area contributed by atoms with Crippen LogP contribution in [0.1, 0.15) is 23.5 Å². The highest BCUT2D eigenvalue weighted by atomic mass is 32.1. The first-order valence-electron chi connectivity index (χ1n) is 5.29. The molecule has 2 heterocycles. The molecule has 0 spiro atoms. The number of fused-ring (bicyclic) bond motifs is 1. The number of hydrogen-bond acceptors (Lipinski definition) is 4. The topological polar surface area (TPSA) is 60.9 Å². The standard InChI is InChI=1S/C11H14N2O3S/c1-6-4-13(7(2)14)8-5-17-10(11(15)16)9(8)12(6)3/h5-6H,4H2,1-3H3,(H,15,16). The van der Waals surface area contributed by atoms with Gasteiger partial charge in [0.25, 0.3) is 0 Å². The van der Waals surface area contributed by atoms with E-state index in [9.17, 15) is 9.59 Å². The Hall–Kier alpha value is -1.56. The molecule has 1 aromatic heterocycles.